The summed E-state index contributed by atoms with van der Waals surface area (Å²) in [5.74, 6) is -1.04. The van der Waals surface area contributed by atoms with Crippen LogP contribution in [-0.2, 0) is 0 Å². The fourth-order valence-corrected chi connectivity index (χ4v) is 3.09. The Morgan fingerprint density at radius 3 is 2.38 bits per heavy atom. The van der Waals surface area contributed by atoms with E-state index in [1.165, 1.54) is 18.2 Å². The Bertz CT molecular complexity index is 881. The lowest BCUT2D eigenvalue weighted by atomic mass is 10.00. The van der Waals surface area contributed by atoms with Crippen molar-refractivity contribution in [1.82, 2.24) is 5.01 Å². The first kappa shape index (κ1) is 18.6. The molecule has 0 bridgehead atoms. The molecule has 1 amide bonds. The zero-order valence-corrected chi connectivity index (χ0v) is 15.2. The number of amides is 1. The van der Waals surface area contributed by atoms with Gasteiger partial charge in [-0.3, -0.25) is 4.79 Å². The molecule has 0 aliphatic carbocycles. The van der Waals surface area contributed by atoms with E-state index in [2.05, 4.69) is 21.0 Å². The molecular weight excluding hydrogens is 413 g/mol. The van der Waals surface area contributed by atoms with Crippen LogP contribution in [-0.4, -0.2) is 33.6 Å². The van der Waals surface area contributed by atoms with Crippen molar-refractivity contribution in [3.63, 3.8) is 0 Å². The van der Waals surface area contributed by atoms with Crippen LogP contribution in [0.1, 0.15) is 27.9 Å². The molecule has 0 radical (unpaired) electrons. The Labute approximate surface area is 156 Å². The molecule has 1 aliphatic rings. The maximum absolute atomic E-state index is 13.6. The normalized spacial score (nSPS) is 20.2. The van der Waals surface area contributed by atoms with Gasteiger partial charge < -0.3 is 5.11 Å². The molecule has 1 N–H and O–H groups in total. The van der Waals surface area contributed by atoms with E-state index in [1.807, 2.05) is 6.92 Å². The largest absolute Gasteiger partial charge is 0.438 e. The number of hydrogen-bond acceptors (Lipinski definition) is 3. The molecular formula is C18H14BrF3N2O2. The fourth-order valence-electron chi connectivity index (χ4n) is 2.64. The molecule has 8 heteroatoms. The van der Waals surface area contributed by atoms with Crippen LogP contribution in [0.2, 0.25) is 0 Å². The number of carbonyl (C=O) groups excluding carboxylic acids is 1. The van der Waals surface area contributed by atoms with E-state index in [0.717, 1.165) is 5.56 Å². The van der Waals surface area contributed by atoms with Crippen LogP contribution in [0.5, 0.6) is 0 Å². The maximum atomic E-state index is 13.6. The predicted octanol–water partition coefficient (Wildman–Crippen LogP) is 4.26. The first-order valence-electron chi connectivity index (χ1n) is 7.66. The second kappa shape index (κ2) is 6.51. The lowest BCUT2D eigenvalue weighted by molar-refractivity contribution is -0.297. The highest BCUT2D eigenvalue weighted by molar-refractivity contribution is 9.10. The van der Waals surface area contributed by atoms with Crippen LogP contribution < -0.4 is 0 Å². The molecule has 1 atom stereocenters. The number of carbonyl (C=O) groups is 1. The van der Waals surface area contributed by atoms with Crippen molar-refractivity contribution in [3.05, 3.63) is 69.7 Å². The van der Waals surface area contributed by atoms with E-state index < -0.39 is 24.2 Å². The summed E-state index contributed by atoms with van der Waals surface area (Å²) >= 11 is 3.14. The van der Waals surface area contributed by atoms with Crippen molar-refractivity contribution in [2.45, 2.75) is 25.2 Å². The Balaban J connectivity index is 2.07. The summed E-state index contributed by atoms with van der Waals surface area (Å²) in [6.07, 6.45) is -5.91. The molecule has 1 heterocycles. The highest BCUT2D eigenvalue weighted by atomic mass is 79.9. The molecule has 0 aromatic heterocycles. The number of aliphatic hydroxyl groups is 1. The van der Waals surface area contributed by atoms with E-state index in [-0.39, 0.29) is 16.3 Å². The van der Waals surface area contributed by atoms with Crippen molar-refractivity contribution in [2.75, 3.05) is 0 Å². The van der Waals surface area contributed by atoms with Crippen LogP contribution >= 0.6 is 15.9 Å². The molecule has 0 spiro atoms. The fraction of sp³-hybridized carbons (Fsp3) is 0.222. The van der Waals surface area contributed by atoms with Crippen molar-refractivity contribution >= 4 is 27.5 Å². The summed E-state index contributed by atoms with van der Waals surface area (Å²) in [6, 6.07) is 12.7. The minimum absolute atomic E-state index is 0.00905. The van der Waals surface area contributed by atoms with Gasteiger partial charge in [-0.15, -0.1) is 0 Å². The minimum Gasteiger partial charge on any atom is -0.362 e. The predicted molar refractivity (Wildman–Crippen MR) is 93.6 cm³/mol. The maximum Gasteiger partial charge on any atom is 0.438 e. The van der Waals surface area contributed by atoms with E-state index in [1.54, 1.807) is 30.3 Å². The van der Waals surface area contributed by atoms with Crippen molar-refractivity contribution < 1.29 is 23.1 Å². The van der Waals surface area contributed by atoms with Gasteiger partial charge in [0.05, 0.1) is 17.7 Å². The number of benzene rings is 2. The average Bonchev–Trinajstić information content (AvgIpc) is 2.94. The first-order valence-corrected chi connectivity index (χ1v) is 8.45. The van der Waals surface area contributed by atoms with Crippen LogP contribution in [0, 0.1) is 6.92 Å². The molecule has 0 saturated heterocycles. The van der Waals surface area contributed by atoms with Crippen LogP contribution in [0.25, 0.3) is 0 Å². The van der Waals surface area contributed by atoms with Crippen molar-refractivity contribution in [3.8, 4) is 0 Å². The Kier molecular flexibility index (Phi) is 4.66. The van der Waals surface area contributed by atoms with Gasteiger partial charge in [0.2, 0.25) is 0 Å². The molecule has 3 rings (SSSR count). The van der Waals surface area contributed by atoms with Gasteiger partial charge in [-0.1, -0.05) is 42.0 Å². The molecule has 4 nitrogen and oxygen atoms in total. The van der Waals surface area contributed by atoms with Gasteiger partial charge in [-0.05, 0) is 40.5 Å². The van der Waals surface area contributed by atoms with Gasteiger partial charge in [0, 0.05) is 4.47 Å². The number of alkyl halides is 3. The van der Waals surface area contributed by atoms with Gasteiger partial charge >= 0.3 is 6.18 Å². The monoisotopic (exact) mass is 426 g/mol. The van der Waals surface area contributed by atoms with E-state index in [0.29, 0.717) is 10.0 Å². The topological polar surface area (TPSA) is 52.9 Å². The summed E-state index contributed by atoms with van der Waals surface area (Å²) in [5, 5.41) is 14.3. The van der Waals surface area contributed by atoms with Gasteiger partial charge in [0.25, 0.3) is 11.6 Å². The highest BCUT2D eigenvalue weighted by Crippen LogP contribution is 2.42. The minimum atomic E-state index is -5.07. The third kappa shape index (κ3) is 3.14. The Hall–Kier alpha value is -2.19. The lowest BCUT2D eigenvalue weighted by Gasteiger charge is -2.32. The number of hydrazone groups is 1. The highest BCUT2D eigenvalue weighted by Gasteiger charge is 2.63. The summed E-state index contributed by atoms with van der Waals surface area (Å²) in [4.78, 5) is 12.7. The number of aryl methyl sites for hydroxylation is 1. The number of hydrogen-bond donors (Lipinski definition) is 1. The van der Waals surface area contributed by atoms with Crippen LogP contribution in [0.15, 0.2) is 58.1 Å². The number of nitrogens with zero attached hydrogens (tertiary/aromatic N) is 2. The summed E-state index contributed by atoms with van der Waals surface area (Å²) in [5.41, 5.74) is -2.09. The second-order valence-electron chi connectivity index (χ2n) is 6.00. The Morgan fingerprint density at radius 1 is 1.19 bits per heavy atom. The van der Waals surface area contributed by atoms with E-state index >= 15 is 0 Å². The van der Waals surface area contributed by atoms with E-state index in [9.17, 15) is 23.1 Å². The SMILES string of the molecule is Cc1ccc(C2=NN(C(=O)c3ccccc3Br)[C@@](O)(C(F)(F)F)C2)cc1. The zero-order valence-electron chi connectivity index (χ0n) is 13.6. The quantitative estimate of drug-likeness (QED) is 0.779. The third-order valence-corrected chi connectivity index (χ3v) is 4.81. The first-order chi connectivity index (χ1) is 12.1. The van der Waals surface area contributed by atoms with Crippen molar-refractivity contribution in [2.24, 2.45) is 5.10 Å². The molecule has 0 unspecified atom stereocenters. The van der Waals surface area contributed by atoms with Crippen molar-refractivity contribution in [1.29, 1.82) is 0 Å². The third-order valence-electron chi connectivity index (χ3n) is 4.12. The lowest BCUT2D eigenvalue weighted by Crippen LogP contribution is -2.56. The van der Waals surface area contributed by atoms with Gasteiger partial charge in [-0.25, -0.2) is 0 Å². The smallest absolute Gasteiger partial charge is 0.362 e. The van der Waals surface area contributed by atoms with Gasteiger partial charge in [0.1, 0.15) is 0 Å². The van der Waals surface area contributed by atoms with Gasteiger partial charge in [-0.2, -0.15) is 23.3 Å². The average molecular weight is 427 g/mol. The Morgan fingerprint density at radius 2 is 1.81 bits per heavy atom. The molecule has 136 valence electrons. The number of halogens is 4. The standard InChI is InChI=1S/C18H14BrF3N2O2/c1-11-6-8-12(9-7-11)15-10-17(26,18(20,21)22)24(23-15)16(25)13-4-2-3-5-14(13)19/h2-9,26H,10H2,1H3/t17-/m0/s1. The summed E-state index contributed by atoms with van der Waals surface area (Å²) in [6.45, 7) is 1.84. The van der Waals surface area contributed by atoms with E-state index in [4.69, 9.17) is 0 Å². The molecule has 0 fully saturated rings. The number of rotatable bonds is 2. The molecule has 0 saturated carbocycles. The van der Waals surface area contributed by atoms with Crippen LogP contribution in [0.4, 0.5) is 13.2 Å². The summed E-state index contributed by atoms with van der Waals surface area (Å²) < 4.78 is 41.1. The van der Waals surface area contributed by atoms with Crippen LogP contribution in [0.3, 0.4) is 0 Å². The summed E-state index contributed by atoms with van der Waals surface area (Å²) in [7, 11) is 0. The molecule has 2 aromatic rings. The zero-order chi connectivity index (χ0) is 19.1. The van der Waals surface area contributed by atoms with Gasteiger partial charge in [0.15, 0.2) is 0 Å². The molecule has 2 aromatic carbocycles. The second-order valence-corrected chi connectivity index (χ2v) is 6.86. The molecule has 1 aliphatic heterocycles. The molecule has 26 heavy (non-hydrogen) atoms.